The van der Waals surface area contributed by atoms with Gasteiger partial charge in [-0.15, -0.1) is 0 Å². The van der Waals surface area contributed by atoms with Crippen molar-refractivity contribution in [3.63, 3.8) is 0 Å². The Balaban J connectivity index is 1.68. The van der Waals surface area contributed by atoms with Crippen LogP contribution in [0.2, 0.25) is 0 Å². The number of rotatable bonds is 2. The molecule has 0 aromatic carbocycles. The summed E-state index contributed by atoms with van der Waals surface area (Å²) in [5.41, 5.74) is 0.987. The maximum absolute atomic E-state index is 4.37. The van der Waals surface area contributed by atoms with Gasteiger partial charge in [-0.05, 0) is 38.0 Å². The lowest BCUT2D eigenvalue weighted by Gasteiger charge is -2.24. The molecule has 0 saturated heterocycles. The van der Waals surface area contributed by atoms with Crippen molar-refractivity contribution >= 4 is 11.6 Å². The fraction of sp³-hybridized carbons (Fsp3) is 0.615. The Bertz CT molecular complexity index is 590. The van der Waals surface area contributed by atoms with Crippen LogP contribution in [0.1, 0.15) is 31.4 Å². The third-order valence-electron chi connectivity index (χ3n) is 4.45. The van der Waals surface area contributed by atoms with Gasteiger partial charge in [0.25, 0.3) is 5.78 Å². The molecule has 5 nitrogen and oxygen atoms in total. The summed E-state index contributed by atoms with van der Waals surface area (Å²) in [6, 6.07) is 2.67. The molecule has 1 N–H and O–H groups in total. The van der Waals surface area contributed by atoms with Crippen LogP contribution in [-0.4, -0.2) is 25.6 Å². The van der Waals surface area contributed by atoms with E-state index >= 15 is 0 Å². The average Bonchev–Trinajstić information content (AvgIpc) is 3.02. The predicted molar refractivity (Wildman–Crippen MR) is 68.4 cm³/mol. The Labute approximate surface area is 106 Å². The number of aryl methyl sites for hydroxylation is 1. The first-order chi connectivity index (χ1) is 8.79. The number of hydrogen-bond donors (Lipinski definition) is 1. The Morgan fingerprint density at radius 1 is 1.33 bits per heavy atom. The molecule has 2 fully saturated rings. The van der Waals surface area contributed by atoms with Crippen molar-refractivity contribution in [2.45, 2.75) is 38.6 Å². The molecule has 2 bridgehead atoms. The molecule has 0 amide bonds. The van der Waals surface area contributed by atoms with E-state index in [1.807, 2.05) is 6.92 Å². The largest absolute Gasteiger partial charge is 0.367 e. The number of anilines is 1. The van der Waals surface area contributed by atoms with E-state index in [1.165, 1.54) is 25.7 Å². The number of nitrogens with one attached hydrogen (secondary N) is 1. The van der Waals surface area contributed by atoms with Crippen LogP contribution in [0, 0.1) is 18.8 Å². The lowest BCUT2D eigenvalue weighted by molar-refractivity contribution is 0.438. The number of nitrogens with zero attached hydrogens (tertiary/aromatic N) is 4. The third-order valence-corrected chi connectivity index (χ3v) is 4.45. The smallest absolute Gasteiger partial charge is 0.254 e. The first kappa shape index (κ1) is 10.3. The van der Waals surface area contributed by atoms with E-state index < -0.39 is 0 Å². The van der Waals surface area contributed by atoms with Crippen molar-refractivity contribution in [1.29, 1.82) is 0 Å². The second-order valence-electron chi connectivity index (χ2n) is 5.68. The molecule has 0 spiro atoms. The molecule has 2 saturated carbocycles. The predicted octanol–water partition coefficient (Wildman–Crippen LogP) is 2.03. The van der Waals surface area contributed by atoms with Gasteiger partial charge in [0.2, 0.25) is 0 Å². The summed E-state index contributed by atoms with van der Waals surface area (Å²) in [5.74, 6) is 3.51. The summed E-state index contributed by atoms with van der Waals surface area (Å²) < 4.78 is 1.80. The summed E-state index contributed by atoms with van der Waals surface area (Å²) in [5, 5.41) is 7.91. The molecular weight excluding hydrogens is 226 g/mol. The van der Waals surface area contributed by atoms with E-state index in [0.717, 1.165) is 23.3 Å². The Hall–Kier alpha value is -1.65. The van der Waals surface area contributed by atoms with Crippen LogP contribution >= 0.6 is 0 Å². The molecule has 0 aliphatic heterocycles. The third kappa shape index (κ3) is 1.50. The highest BCUT2D eigenvalue weighted by Gasteiger charge is 2.39. The van der Waals surface area contributed by atoms with Gasteiger partial charge in [-0.2, -0.15) is 14.6 Å². The van der Waals surface area contributed by atoms with Gasteiger partial charge in [-0.1, -0.05) is 6.42 Å². The fourth-order valence-corrected chi connectivity index (χ4v) is 3.64. The van der Waals surface area contributed by atoms with Crippen LogP contribution in [0.5, 0.6) is 0 Å². The van der Waals surface area contributed by atoms with Gasteiger partial charge in [0.1, 0.15) is 12.1 Å². The minimum atomic E-state index is 0.609. The summed E-state index contributed by atoms with van der Waals surface area (Å²) in [6.45, 7) is 2.00. The van der Waals surface area contributed by atoms with Crippen LogP contribution < -0.4 is 5.32 Å². The SMILES string of the molecule is Cc1cc(NC2CC3CCC2C3)n2ncnc2n1. The zero-order valence-electron chi connectivity index (χ0n) is 10.5. The molecule has 2 aliphatic rings. The van der Waals surface area contributed by atoms with Gasteiger partial charge < -0.3 is 5.32 Å². The molecule has 2 heterocycles. The van der Waals surface area contributed by atoms with Crippen molar-refractivity contribution in [2.24, 2.45) is 11.8 Å². The molecule has 18 heavy (non-hydrogen) atoms. The molecule has 3 unspecified atom stereocenters. The standard InChI is InChI=1S/C13H17N5/c1-8-4-12(18-13(16-8)14-7-15-18)17-11-6-9-2-3-10(11)5-9/h4,7,9-11,17H,2-3,5-6H2,1H3. The lowest BCUT2D eigenvalue weighted by atomic mass is 9.95. The Morgan fingerprint density at radius 3 is 3.06 bits per heavy atom. The first-order valence-corrected chi connectivity index (χ1v) is 6.73. The topological polar surface area (TPSA) is 55.1 Å². The molecule has 5 heteroatoms. The molecule has 0 radical (unpaired) electrons. The van der Waals surface area contributed by atoms with Gasteiger partial charge in [-0.3, -0.25) is 0 Å². The lowest BCUT2D eigenvalue weighted by Crippen LogP contribution is -2.27. The van der Waals surface area contributed by atoms with Crippen LogP contribution in [0.3, 0.4) is 0 Å². The number of hydrogen-bond acceptors (Lipinski definition) is 4. The van der Waals surface area contributed by atoms with E-state index in [0.29, 0.717) is 11.8 Å². The zero-order chi connectivity index (χ0) is 12.1. The molecule has 94 valence electrons. The summed E-state index contributed by atoms with van der Waals surface area (Å²) in [4.78, 5) is 8.53. The normalized spacial score (nSPS) is 30.2. The maximum Gasteiger partial charge on any atom is 0.254 e. The van der Waals surface area contributed by atoms with Crippen molar-refractivity contribution in [1.82, 2.24) is 19.6 Å². The van der Waals surface area contributed by atoms with Crippen LogP contribution in [0.4, 0.5) is 5.82 Å². The van der Waals surface area contributed by atoms with E-state index in [2.05, 4.69) is 26.4 Å². The van der Waals surface area contributed by atoms with Gasteiger partial charge in [0.15, 0.2) is 0 Å². The van der Waals surface area contributed by atoms with Gasteiger partial charge in [0.05, 0.1) is 0 Å². The first-order valence-electron chi connectivity index (χ1n) is 6.73. The van der Waals surface area contributed by atoms with Crippen molar-refractivity contribution in [3.05, 3.63) is 18.1 Å². The summed E-state index contributed by atoms with van der Waals surface area (Å²) >= 11 is 0. The van der Waals surface area contributed by atoms with Crippen molar-refractivity contribution in [3.8, 4) is 0 Å². The second-order valence-corrected chi connectivity index (χ2v) is 5.68. The molecule has 2 aromatic heterocycles. The monoisotopic (exact) mass is 243 g/mol. The average molecular weight is 243 g/mol. The maximum atomic E-state index is 4.37. The van der Waals surface area contributed by atoms with E-state index in [-0.39, 0.29) is 0 Å². The molecule has 2 aromatic rings. The number of fused-ring (bicyclic) bond motifs is 3. The van der Waals surface area contributed by atoms with Gasteiger partial charge in [-0.25, -0.2) is 4.98 Å². The van der Waals surface area contributed by atoms with Crippen LogP contribution in [-0.2, 0) is 0 Å². The molecule has 3 atom stereocenters. The van der Waals surface area contributed by atoms with E-state index in [9.17, 15) is 0 Å². The Kier molecular flexibility index (Phi) is 2.10. The summed E-state index contributed by atoms with van der Waals surface area (Å²) in [6.07, 6.45) is 7.09. The Morgan fingerprint density at radius 2 is 2.28 bits per heavy atom. The minimum absolute atomic E-state index is 0.609. The van der Waals surface area contributed by atoms with Gasteiger partial charge in [0, 0.05) is 17.8 Å². The van der Waals surface area contributed by atoms with Gasteiger partial charge >= 0.3 is 0 Å². The highest BCUT2D eigenvalue weighted by Crippen LogP contribution is 2.45. The molecule has 4 rings (SSSR count). The van der Waals surface area contributed by atoms with Crippen molar-refractivity contribution < 1.29 is 0 Å². The van der Waals surface area contributed by atoms with Crippen LogP contribution in [0.25, 0.3) is 5.78 Å². The second kappa shape index (κ2) is 3.67. The highest BCUT2D eigenvalue weighted by atomic mass is 15.4. The van der Waals surface area contributed by atoms with Crippen LogP contribution in [0.15, 0.2) is 12.4 Å². The minimum Gasteiger partial charge on any atom is -0.367 e. The zero-order valence-corrected chi connectivity index (χ0v) is 10.5. The quantitative estimate of drug-likeness (QED) is 0.877. The summed E-state index contributed by atoms with van der Waals surface area (Å²) in [7, 11) is 0. The van der Waals surface area contributed by atoms with E-state index in [1.54, 1.807) is 10.8 Å². The fourth-order valence-electron chi connectivity index (χ4n) is 3.64. The molecule has 2 aliphatic carbocycles. The van der Waals surface area contributed by atoms with Crippen molar-refractivity contribution in [2.75, 3.05) is 5.32 Å². The van der Waals surface area contributed by atoms with E-state index in [4.69, 9.17) is 0 Å². The molecular formula is C13H17N5. The number of aromatic nitrogens is 4. The highest BCUT2D eigenvalue weighted by molar-refractivity contribution is 5.45.